The largest absolute Gasteiger partial charge is 0.389 e. The number of nitrogens with zero attached hydrogens (tertiary/aromatic N) is 1. The van der Waals surface area contributed by atoms with Crippen molar-refractivity contribution < 1.29 is 5.11 Å². The minimum absolute atomic E-state index is 0.460. The van der Waals surface area contributed by atoms with Crippen LogP contribution in [0.5, 0.6) is 0 Å². The van der Waals surface area contributed by atoms with E-state index in [9.17, 15) is 5.11 Å². The lowest BCUT2D eigenvalue weighted by molar-refractivity contribution is -0.0328. The molecule has 1 aliphatic heterocycles. The van der Waals surface area contributed by atoms with Crippen molar-refractivity contribution in [2.24, 2.45) is 5.41 Å². The third-order valence-corrected chi connectivity index (χ3v) is 4.98. The molecule has 2 N–H and O–H groups in total. The lowest BCUT2D eigenvalue weighted by atomic mass is 9.73. The second kappa shape index (κ2) is 6.55. The van der Waals surface area contributed by atoms with Gasteiger partial charge in [-0.2, -0.15) is 0 Å². The Morgan fingerprint density at radius 3 is 2.47 bits per heavy atom. The zero-order valence-corrected chi connectivity index (χ0v) is 12.9. The molecule has 0 aromatic heterocycles. The predicted octanol–water partition coefficient (Wildman–Crippen LogP) is 2.39. The standard InChI is InChI=1S/C16H32N2O/c1-3-17-12-16(9-5-4-6-10-16)14-18-11-7-8-15(2,19)13-18/h17,19H,3-14H2,1-2H3. The number of aliphatic hydroxyl groups is 1. The van der Waals surface area contributed by atoms with Crippen LogP contribution in [-0.4, -0.2) is 48.3 Å². The van der Waals surface area contributed by atoms with Crippen molar-refractivity contribution in [2.75, 3.05) is 32.7 Å². The fourth-order valence-electron chi connectivity index (χ4n) is 4.02. The Kier molecular flexibility index (Phi) is 5.27. The van der Waals surface area contributed by atoms with Gasteiger partial charge < -0.3 is 10.4 Å². The first-order valence-electron chi connectivity index (χ1n) is 8.21. The Morgan fingerprint density at radius 1 is 1.11 bits per heavy atom. The van der Waals surface area contributed by atoms with Gasteiger partial charge in [-0.25, -0.2) is 0 Å². The van der Waals surface area contributed by atoms with Crippen LogP contribution in [0.15, 0.2) is 0 Å². The summed E-state index contributed by atoms with van der Waals surface area (Å²) in [7, 11) is 0. The molecule has 0 amide bonds. The van der Waals surface area contributed by atoms with Crippen molar-refractivity contribution >= 4 is 0 Å². The summed E-state index contributed by atoms with van der Waals surface area (Å²) in [5.74, 6) is 0. The maximum Gasteiger partial charge on any atom is 0.0746 e. The van der Waals surface area contributed by atoms with Crippen LogP contribution in [0.4, 0.5) is 0 Å². The highest BCUT2D eigenvalue weighted by atomic mass is 16.3. The van der Waals surface area contributed by atoms with Crippen LogP contribution in [0.1, 0.15) is 58.8 Å². The lowest BCUT2D eigenvalue weighted by Crippen LogP contribution is -2.52. The number of hydrogen-bond donors (Lipinski definition) is 2. The maximum absolute atomic E-state index is 10.3. The van der Waals surface area contributed by atoms with Crippen LogP contribution in [0, 0.1) is 5.41 Å². The van der Waals surface area contributed by atoms with Crippen molar-refractivity contribution in [1.82, 2.24) is 10.2 Å². The van der Waals surface area contributed by atoms with Crippen molar-refractivity contribution in [3.63, 3.8) is 0 Å². The zero-order chi connectivity index (χ0) is 13.8. The molecule has 2 fully saturated rings. The van der Waals surface area contributed by atoms with Gasteiger partial charge in [-0.3, -0.25) is 4.90 Å². The molecule has 1 atom stereocenters. The topological polar surface area (TPSA) is 35.5 Å². The zero-order valence-electron chi connectivity index (χ0n) is 12.9. The molecule has 0 aromatic carbocycles. The maximum atomic E-state index is 10.3. The molecule has 1 heterocycles. The van der Waals surface area contributed by atoms with E-state index in [0.717, 1.165) is 32.5 Å². The predicted molar refractivity (Wildman–Crippen MR) is 80.4 cm³/mol. The van der Waals surface area contributed by atoms with Crippen LogP contribution < -0.4 is 5.32 Å². The molecule has 3 nitrogen and oxygen atoms in total. The monoisotopic (exact) mass is 268 g/mol. The van der Waals surface area contributed by atoms with E-state index in [1.165, 1.54) is 45.2 Å². The van der Waals surface area contributed by atoms with Crippen LogP contribution in [-0.2, 0) is 0 Å². The van der Waals surface area contributed by atoms with Gasteiger partial charge in [0.1, 0.15) is 0 Å². The van der Waals surface area contributed by atoms with Gasteiger partial charge in [0.25, 0.3) is 0 Å². The molecule has 1 unspecified atom stereocenters. The molecule has 19 heavy (non-hydrogen) atoms. The van der Waals surface area contributed by atoms with Gasteiger partial charge >= 0.3 is 0 Å². The van der Waals surface area contributed by atoms with E-state index in [1.54, 1.807) is 0 Å². The Bertz CT molecular complexity index is 272. The minimum Gasteiger partial charge on any atom is -0.389 e. The van der Waals surface area contributed by atoms with Gasteiger partial charge in [0.05, 0.1) is 5.60 Å². The molecule has 0 bridgehead atoms. The SMILES string of the molecule is CCNCC1(CN2CCCC(C)(O)C2)CCCCC1. The molecule has 0 radical (unpaired) electrons. The molecule has 1 saturated heterocycles. The fraction of sp³-hybridized carbons (Fsp3) is 1.00. The number of likely N-dealkylation sites (tertiary alicyclic amines) is 1. The summed E-state index contributed by atoms with van der Waals surface area (Å²) in [6.07, 6.45) is 9.00. The van der Waals surface area contributed by atoms with Gasteiger partial charge in [0.15, 0.2) is 0 Å². The summed E-state index contributed by atoms with van der Waals surface area (Å²) in [6.45, 7) is 9.63. The Balaban J connectivity index is 1.94. The van der Waals surface area contributed by atoms with Crippen LogP contribution in [0.3, 0.4) is 0 Å². The van der Waals surface area contributed by atoms with Crippen molar-refractivity contribution in [3.05, 3.63) is 0 Å². The summed E-state index contributed by atoms with van der Waals surface area (Å²) in [4.78, 5) is 2.52. The first-order valence-corrected chi connectivity index (χ1v) is 8.21. The summed E-state index contributed by atoms with van der Waals surface area (Å²) in [6, 6.07) is 0. The van der Waals surface area contributed by atoms with Gasteiger partial charge in [0.2, 0.25) is 0 Å². The smallest absolute Gasteiger partial charge is 0.0746 e. The normalized spacial score (nSPS) is 32.4. The van der Waals surface area contributed by atoms with E-state index in [-0.39, 0.29) is 0 Å². The molecule has 1 aliphatic carbocycles. The first-order chi connectivity index (χ1) is 9.05. The van der Waals surface area contributed by atoms with Gasteiger partial charge in [-0.15, -0.1) is 0 Å². The summed E-state index contributed by atoms with van der Waals surface area (Å²) >= 11 is 0. The highest BCUT2D eigenvalue weighted by Gasteiger charge is 2.36. The Hall–Kier alpha value is -0.120. The van der Waals surface area contributed by atoms with E-state index in [0.29, 0.717) is 5.41 Å². The summed E-state index contributed by atoms with van der Waals surface area (Å²) in [5.41, 5.74) is -0.00598. The molecule has 2 rings (SSSR count). The lowest BCUT2D eigenvalue weighted by Gasteiger charge is -2.45. The number of β-amino-alcohol motifs (C(OH)–C–C–N with tert-alkyl or cyclic N) is 1. The average Bonchev–Trinajstić information content (AvgIpc) is 2.36. The minimum atomic E-state index is -0.466. The van der Waals surface area contributed by atoms with Crippen molar-refractivity contribution in [1.29, 1.82) is 0 Å². The van der Waals surface area contributed by atoms with Crippen molar-refractivity contribution in [3.8, 4) is 0 Å². The third-order valence-electron chi connectivity index (χ3n) is 4.98. The van der Waals surface area contributed by atoms with E-state index in [4.69, 9.17) is 0 Å². The quantitative estimate of drug-likeness (QED) is 0.804. The highest BCUT2D eigenvalue weighted by Crippen LogP contribution is 2.37. The molecular formula is C16H32N2O. The van der Waals surface area contributed by atoms with Crippen LogP contribution in [0.2, 0.25) is 0 Å². The Morgan fingerprint density at radius 2 is 1.84 bits per heavy atom. The van der Waals surface area contributed by atoms with Gasteiger partial charge in [0, 0.05) is 19.6 Å². The van der Waals surface area contributed by atoms with E-state index in [1.807, 2.05) is 6.92 Å². The molecule has 0 spiro atoms. The summed E-state index contributed by atoms with van der Waals surface area (Å²) in [5, 5.41) is 13.9. The highest BCUT2D eigenvalue weighted by molar-refractivity contribution is 4.91. The van der Waals surface area contributed by atoms with Gasteiger partial charge in [-0.1, -0.05) is 26.2 Å². The molecular weight excluding hydrogens is 236 g/mol. The van der Waals surface area contributed by atoms with Gasteiger partial charge in [-0.05, 0) is 51.1 Å². The number of hydrogen-bond acceptors (Lipinski definition) is 3. The van der Waals surface area contributed by atoms with Crippen molar-refractivity contribution in [2.45, 2.75) is 64.4 Å². The van der Waals surface area contributed by atoms with Crippen LogP contribution in [0.25, 0.3) is 0 Å². The first kappa shape index (κ1) is 15.3. The number of nitrogens with one attached hydrogen (secondary N) is 1. The molecule has 112 valence electrons. The van der Waals surface area contributed by atoms with E-state index < -0.39 is 5.60 Å². The number of rotatable bonds is 5. The molecule has 2 aliphatic rings. The number of piperidine rings is 1. The summed E-state index contributed by atoms with van der Waals surface area (Å²) < 4.78 is 0. The third kappa shape index (κ3) is 4.44. The fourth-order valence-corrected chi connectivity index (χ4v) is 4.02. The second-order valence-corrected chi connectivity index (χ2v) is 7.15. The van der Waals surface area contributed by atoms with E-state index >= 15 is 0 Å². The van der Waals surface area contributed by atoms with E-state index in [2.05, 4.69) is 17.1 Å². The average molecular weight is 268 g/mol. The molecule has 0 aromatic rings. The second-order valence-electron chi connectivity index (χ2n) is 7.15. The molecule has 1 saturated carbocycles. The van der Waals surface area contributed by atoms with Crippen LogP contribution >= 0.6 is 0 Å². The molecule has 3 heteroatoms. The Labute approximate surface area is 118 Å².